The van der Waals surface area contributed by atoms with E-state index in [0.717, 1.165) is 11.3 Å². The Balaban J connectivity index is 2.05. The highest BCUT2D eigenvalue weighted by atomic mass is 16.5. The molecule has 0 bridgehead atoms. The summed E-state index contributed by atoms with van der Waals surface area (Å²) >= 11 is 0. The van der Waals surface area contributed by atoms with Gasteiger partial charge in [-0.05, 0) is 6.07 Å². The molecule has 0 saturated carbocycles. The van der Waals surface area contributed by atoms with Crippen LogP contribution in [0.15, 0.2) is 42.9 Å². The van der Waals surface area contributed by atoms with Crippen LogP contribution < -0.4 is 10.1 Å². The molecular weight excluding hydrogens is 270 g/mol. The fraction of sp³-hybridized carbons (Fsp3) is 0.267. The quantitative estimate of drug-likeness (QED) is 0.873. The predicted molar refractivity (Wildman–Crippen MR) is 77.1 cm³/mol. The van der Waals surface area contributed by atoms with Crippen LogP contribution >= 0.6 is 0 Å². The SMILES string of the molecule is COc1ccccc1C(CNC(=O)c1cnccn1)OC. The highest BCUT2D eigenvalue weighted by molar-refractivity contribution is 5.91. The average Bonchev–Trinajstić information content (AvgIpc) is 2.56. The first-order valence-corrected chi connectivity index (χ1v) is 6.46. The topological polar surface area (TPSA) is 73.3 Å². The smallest absolute Gasteiger partial charge is 0.271 e. The van der Waals surface area contributed by atoms with Crippen molar-refractivity contribution in [3.63, 3.8) is 0 Å². The van der Waals surface area contributed by atoms with Gasteiger partial charge in [0, 0.05) is 31.6 Å². The van der Waals surface area contributed by atoms with Crippen LogP contribution in [0.4, 0.5) is 0 Å². The Bertz CT molecular complexity index is 590. The van der Waals surface area contributed by atoms with Crippen molar-refractivity contribution in [2.45, 2.75) is 6.10 Å². The van der Waals surface area contributed by atoms with Gasteiger partial charge >= 0.3 is 0 Å². The molecule has 0 aliphatic carbocycles. The highest BCUT2D eigenvalue weighted by Gasteiger charge is 2.17. The van der Waals surface area contributed by atoms with E-state index in [4.69, 9.17) is 9.47 Å². The number of hydrogen-bond acceptors (Lipinski definition) is 5. The zero-order valence-corrected chi connectivity index (χ0v) is 11.9. The van der Waals surface area contributed by atoms with Gasteiger partial charge in [-0.1, -0.05) is 18.2 Å². The summed E-state index contributed by atoms with van der Waals surface area (Å²) in [4.78, 5) is 19.8. The van der Waals surface area contributed by atoms with Gasteiger partial charge in [0.15, 0.2) is 0 Å². The van der Waals surface area contributed by atoms with Crippen LogP contribution in [0.3, 0.4) is 0 Å². The Morgan fingerprint density at radius 3 is 2.76 bits per heavy atom. The van der Waals surface area contributed by atoms with Crippen molar-refractivity contribution < 1.29 is 14.3 Å². The van der Waals surface area contributed by atoms with Crippen LogP contribution in [0, 0.1) is 0 Å². The van der Waals surface area contributed by atoms with Crippen LogP contribution in [-0.4, -0.2) is 36.6 Å². The van der Waals surface area contributed by atoms with Crippen LogP contribution in [0.5, 0.6) is 5.75 Å². The normalized spacial score (nSPS) is 11.7. The van der Waals surface area contributed by atoms with Gasteiger partial charge in [-0.3, -0.25) is 9.78 Å². The minimum Gasteiger partial charge on any atom is -0.496 e. The van der Waals surface area contributed by atoms with Gasteiger partial charge in [0.05, 0.1) is 13.3 Å². The molecule has 1 N–H and O–H groups in total. The largest absolute Gasteiger partial charge is 0.496 e. The number of carbonyl (C=O) groups excluding carboxylic acids is 1. The second-order valence-corrected chi connectivity index (χ2v) is 4.27. The van der Waals surface area contributed by atoms with Crippen molar-refractivity contribution in [3.8, 4) is 5.75 Å². The summed E-state index contributed by atoms with van der Waals surface area (Å²) in [6.07, 6.45) is 4.11. The molecule has 6 nitrogen and oxygen atoms in total. The maximum Gasteiger partial charge on any atom is 0.271 e. The van der Waals surface area contributed by atoms with Crippen molar-refractivity contribution in [1.29, 1.82) is 0 Å². The summed E-state index contributed by atoms with van der Waals surface area (Å²) in [6.45, 7) is 0.312. The second-order valence-electron chi connectivity index (χ2n) is 4.27. The molecule has 1 unspecified atom stereocenters. The molecule has 0 saturated heterocycles. The van der Waals surface area contributed by atoms with E-state index in [-0.39, 0.29) is 17.7 Å². The molecule has 0 aliphatic heterocycles. The van der Waals surface area contributed by atoms with Crippen LogP contribution in [-0.2, 0) is 4.74 Å². The lowest BCUT2D eigenvalue weighted by atomic mass is 10.1. The van der Waals surface area contributed by atoms with Crippen LogP contribution in [0.25, 0.3) is 0 Å². The molecule has 110 valence electrons. The third-order valence-corrected chi connectivity index (χ3v) is 3.01. The minimum atomic E-state index is -0.304. The summed E-state index contributed by atoms with van der Waals surface area (Å²) < 4.78 is 10.7. The lowest BCUT2D eigenvalue weighted by Crippen LogP contribution is -2.30. The summed E-state index contributed by atoms with van der Waals surface area (Å²) in [5, 5.41) is 2.78. The van der Waals surface area contributed by atoms with Crippen molar-refractivity contribution in [2.24, 2.45) is 0 Å². The molecule has 1 heterocycles. The number of ether oxygens (including phenoxy) is 2. The van der Waals surface area contributed by atoms with E-state index in [1.54, 1.807) is 14.2 Å². The van der Waals surface area contributed by atoms with E-state index in [1.807, 2.05) is 24.3 Å². The molecule has 2 rings (SSSR count). The number of benzene rings is 1. The first-order chi connectivity index (χ1) is 10.3. The van der Waals surface area contributed by atoms with Crippen LogP contribution in [0.1, 0.15) is 22.2 Å². The van der Waals surface area contributed by atoms with Crippen molar-refractivity contribution >= 4 is 5.91 Å². The molecule has 1 atom stereocenters. The highest BCUT2D eigenvalue weighted by Crippen LogP contribution is 2.26. The van der Waals surface area contributed by atoms with Gasteiger partial charge < -0.3 is 14.8 Å². The molecule has 2 aromatic rings. The predicted octanol–water partition coefficient (Wildman–Crippen LogP) is 1.60. The third-order valence-electron chi connectivity index (χ3n) is 3.01. The molecule has 0 radical (unpaired) electrons. The Kier molecular flexibility index (Phi) is 5.22. The molecule has 0 aliphatic rings. The zero-order valence-electron chi connectivity index (χ0n) is 11.9. The van der Waals surface area contributed by atoms with E-state index in [1.165, 1.54) is 18.6 Å². The van der Waals surface area contributed by atoms with E-state index in [0.29, 0.717) is 6.54 Å². The number of hydrogen-bond donors (Lipinski definition) is 1. The first kappa shape index (κ1) is 14.9. The molecule has 6 heteroatoms. The summed E-state index contributed by atoms with van der Waals surface area (Å²) in [5.41, 5.74) is 1.15. The molecular formula is C15H17N3O3. The van der Waals surface area contributed by atoms with Gasteiger partial charge in [0.25, 0.3) is 5.91 Å². The lowest BCUT2D eigenvalue weighted by molar-refractivity contribution is 0.0815. The van der Waals surface area contributed by atoms with Gasteiger partial charge in [-0.15, -0.1) is 0 Å². The number of methoxy groups -OCH3 is 2. The number of carbonyl (C=O) groups is 1. The standard InChI is InChI=1S/C15H17N3O3/c1-20-13-6-4-3-5-11(13)14(21-2)10-18-15(19)12-9-16-7-8-17-12/h3-9,14H,10H2,1-2H3,(H,18,19). The molecule has 21 heavy (non-hydrogen) atoms. The fourth-order valence-electron chi connectivity index (χ4n) is 1.94. The monoisotopic (exact) mass is 287 g/mol. The summed E-state index contributed by atoms with van der Waals surface area (Å²) in [6, 6.07) is 7.54. The van der Waals surface area contributed by atoms with Gasteiger partial charge in [0.2, 0.25) is 0 Å². The number of nitrogens with one attached hydrogen (secondary N) is 1. The van der Waals surface area contributed by atoms with E-state index < -0.39 is 0 Å². The van der Waals surface area contributed by atoms with E-state index >= 15 is 0 Å². The van der Waals surface area contributed by atoms with Crippen molar-refractivity contribution in [1.82, 2.24) is 15.3 Å². The minimum absolute atomic E-state index is 0.271. The van der Waals surface area contributed by atoms with E-state index in [9.17, 15) is 4.79 Å². The molecule has 1 aromatic carbocycles. The molecule has 1 amide bonds. The molecule has 1 aromatic heterocycles. The Labute approximate surface area is 123 Å². The molecule has 0 fully saturated rings. The van der Waals surface area contributed by atoms with Crippen molar-refractivity contribution in [2.75, 3.05) is 20.8 Å². The van der Waals surface area contributed by atoms with Gasteiger partial charge in [-0.25, -0.2) is 4.98 Å². The lowest BCUT2D eigenvalue weighted by Gasteiger charge is -2.18. The van der Waals surface area contributed by atoms with Crippen molar-refractivity contribution in [3.05, 3.63) is 54.1 Å². The fourth-order valence-corrected chi connectivity index (χ4v) is 1.94. The Morgan fingerprint density at radius 2 is 2.10 bits per heavy atom. The third kappa shape index (κ3) is 3.76. The number of para-hydroxylation sites is 1. The summed E-state index contributed by atoms with van der Waals surface area (Å²) in [7, 11) is 3.19. The zero-order chi connectivity index (χ0) is 15.1. The Hall–Kier alpha value is -2.47. The Morgan fingerprint density at radius 1 is 1.29 bits per heavy atom. The number of aromatic nitrogens is 2. The summed E-state index contributed by atoms with van der Waals surface area (Å²) in [5.74, 6) is 0.429. The second kappa shape index (κ2) is 7.35. The maximum absolute atomic E-state index is 12.0. The maximum atomic E-state index is 12.0. The van der Waals surface area contributed by atoms with Gasteiger partial charge in [0.1, 0.15) is 17.5 Å². The van der Waals surface area contributed by atoms with Gasteiger partial charge in [-0.2, -0.15) is 0 Å². The first-order valence-electron chi connectivity index (χ1n) is 6.46. The average molecular weight is 287 g/mol. The molecule has 0 spiro atoms. The van der Waals surface area contributed by atoms with E-state index in [2.05, 4.69) is 15.3 Å². The number of amides is 1. The number of rotatable bonds is 6. The van der Waals surface area contributed by atoms with Crippen LogP contribution in [0.2, 0.25) is 0 Å². The number of nitrogens with zero attached hydrogens (tertiary/aromatic N) is 2.